The summed E-state index contributed by atoms with van der Waals surface area (Å²) in [7, 11) is 1.69. The second-order valence-corrected chi connectivity index (χ2v) is 11.4. The molecule has 9 nitrogen and oxygen atoms in total. The number of aromatic nitrogens is 4. The summed E-state index contributed by atoms with van der Waals surface area (Å²) in [6.07, 6.45) is 5.67. The van der Waals surface area contributed by atoms with Crippen LogP contribution in [0.15, 0.2) is 36.8 Å². The lowest BCUT2D eigenvalue weighted by Gasteiger charge is -2.31. The molecule has 3 aromatic heterocycles. The summed E-state index contributed by atoms with van der Waals surface area (Å²) in [5, 5.41) is 22.0. The second-order valence-electron chi connectivity index (χ2n) is 11.4. The number of aromatic amines is 1. The van der Waals surface area contributed by atoms with Gasteiger partial charge in [-0.05, 0) is 80.9 Å². The number of nitrogens with zero attached hydrogens (tertiary/aromatic N) is 4. The van der Waals surface area contributed by atoms with Crippen molar-refractivity contribution in [2.24, 2.45) is 0 Å². The number of pyridine rings is 1. The Hall–Kier alpha value is -3.43. The zero-order chi connectivity index (χ0) is 27.0. The topological polar surface area (TPSA) is 111 Å². The van der Waals surface area contributed by atoms with Gasteiger partial charge in [-0.3, -0.25) is 9.69 Å². The van der Waals surface area contributed by atoms with Crippen LogP contribution in [0, 0.1) is 0 Å². The number of carbonyl (C=O) groups is 1. The van der Waals surface area contributed by atoms with Gasteiger partial charge in [0.15, 0.2) is 5.65 Å². The molecule has 4 aromatic rings. The number of benzene rings is 1. The van der Waals surface area contributed by atoms with Crippen LogP contribution in [0.5, 0.6) is 0 Å². The molecule has 0 unspecified atom stereocenters. The molecule has 0 saturated carbocycles. The lowest BCUT2D eigenvalue weighted by molar-refractivity contribution is -0.122. The van der Waals surface area contributed by atoms with Gasteiger partial charge in [0, 0.05) is 36.3 Å². The smallest absolute Gasteiger partial charge is 0.233 e. The fourth-order valence-electron chi connectivity index (χ4n) is 5.52. The molecule has 202 valence electrons. The summed E-state index contributed by atoms with van der Waals surface area (Å²) in [5.74, 6) is 0.874. The summed E-state index contributed by atoms with van der Waals surface area (Å²) < 4.78 is 1.79. The molecule has 0 atom stereocenters. The molecule has 1 fully saturated rings. The van der Waals surface area contributed by atoms with Crippen molar-refractivity contribution in [1.29, 1.82) is 0 Å². The van der Waals surface area contributed by atoms with Crippen LogP contribution in [0.1, 0.15) is 63.5 Å². The van der Waals surface area contributed by atoms with Crippen LogP contribution in [0.4, 0.5) is 5.69 Å². The van der Waals surface area contributed by atoms with E-state index in [1.165, 1.54) is 16.5 Å². The number of hydrogen-bond donors (Lipinski definition) is 4. The van der Waals surface area contributed by atoms with Crippen molar-refractivity contribution in [3.63, 3.8) is 0 Å². The Bertz CT molecular complexity index is 1440. The van der Waals surface area contributed by atoms with Crippen LogP contribution < -0.4 is 10.6 Å². The minimum Gasteiger partial charge on any atom is -0.389 e. The van der Waals surface area contributed by atoms with E-state index in [9.17, 15) is 9.90 Å². The number of rotatable bonds is 8. The van der Waals surface area contributed by atoms with Crippen molar-refractivity contribution in [1.82, 2.24) is 29.8 Å². The fraction of sp³-hybridized carbons (Fsp3) is 0.483. The summed E-state index contributed by atoms with van der Waals surface area (Å²) in [4.78, 5) is 22.1. The molecule has 9 heteroatoms. The minimum absolute atomic E-state index is 0.0776. The van der Waals surface area contributed by atoms with E-state index in [2.05, 4.69) is 68.7 Å². The molecule has 1 aromatic carbocycles. The number of likely N-dealkylation sites (N-methyl/N-ethyl adjacent to an activating group) is 1. The highest BCUT2D eigenvalue weighted by Crippen LogP contribution is 2.39. The van der Waals surface area contributed by atoms with Gasteiger partial charge >= 0.3 is 0 Å². The maximum absolute atomic E-state index is 11.8. The fourth-order valence-corrected chi connectivity index (χ4v) is 5.52. The largest absolute Gasteiger partial charge is 0.389 e. The maximum atomic E-state index is 11.8. The first-order chi connectivity index (χ1) is 18.1. The van der Waals surface area contributed by atoms with Crippen molar-refractivity contribution in [3.05, 3.63) is 47.9 Å². The number of fused-ring (bicyclic) bond motifs is 2. The van der Waals surface area contributed by atoms with E-state index in [4.69, 9.17) is 0 Å². The van der Waals surface area contributed by atoms with Crippen molar-refractivity contribution in [3.8, 4) is 11.3 Å². The van der Waals surface area contributed by atoms with E-state index >= 15 is 0 Å². The number of anilines is 1. The molecule has 0 bridgehead atoms. The van der Waals surface area contributed by atoms with Gasteiger partial charge < -0.3 is 20.7 Å². The zero-order valence-corrected chi connectivity index (χ0v) is 23.0. The van der Waals surface area contributed by atoms with Gasteiger partial charge in [-0.2, -0.15) is 5.10 Å². The molecule has 5 rings (SSSR count). The van der Waals surface area contributed by atoms with Crippen LogP contribution in [-0.2, 0) is 4.79 Å². The third kappa shape index (κ3) is 5.39. The molecular weight excluding hydrogens is 478 g/mol. The van der Waals surface area contributed by atoms with Gasteiger partial charge in [-0.1, -0.05) is 19.9 Å². The van der Waals surface area contributed by atoms with Crippen LogP contribution in [-0.4, -0.2) is 74.3 Å². The molecule has 38 heavy (non-hydrogen) atoms. The molecule has 0 spiro atoms. The highest BCUT2D eigenvalue weighted by molar-refractivity contribution is 5.92. The van der Waals surface area contributed by atoms with Crippen LogP contribution in [0.25, 0.3) is 27.8 Å². The predicted molar refractivity (Wildman–Crippen MR) is 152 cm³/mol. The van der Waals surface area contributed by atoms with Crippen LogP contribution >= 0.6 is 0 Å². The summed E-state index contributed by atoms with van der Waals surface area (Å²) in [6, 6.07) is 8.92. The molecule has 4 heterocycles. The number of hydrogen-bond acceptors (Lipinski definition) is 6. The average molecular weight is 518 g/mol. The SMILES string of the molecule is CNC(=O)CN1CCC(c2ccc3[nH]c(-c4cc(NCC(C)(C)O)c5ncnn5c4)c(C(C)C)c3c2)CC1. The van der Waals surface area contributed by atoms with Crippen molar-refractivity contribution in [2.45, 2.75) is 58.0 Å². The molecule has 0 aliphatic carbocycles. The van der Waals surface area contributed by atoms with E-state index in [0.29, 0.717) is 24.9 Å². The van der Waals surface area contributed by atoms with Crippen LogP contribution in [0.3, 0.4) is 0 Å². The predicted octanol–water partition coefficient (Wildman–Crippen LogP) is 4.11. The molecule has 1 aliphatic rings. The Balaban J connectivity index is 1.49. The van der Waals surface area contributed by atoms with E-state index < -0.39 is 5.60 Å². The summed E-state index contributed by atoms with van der Waals surface area (Å²) in [6.45, 7) is 10.8. The Morgan fingerprint density at radius 3 is 2.68 bits per heavy atom. The Morgan fingerprint density at radius 2 is 2.00 bits per heavy atom. The van der Waals surface area contributed by atoms with Gasteiger partial charge in [-0.25, -0.2) is 9.50 Å². The average Bonchev–Trinajstić information content (AvgIpc) is 3.51. The number of piperidine rings is 1. The van der Waals surface area contributed by atoms with Gasteiger partial charge in [0.1, 0.15) is 6.33 Å². The van der Waals surface area contributed by atoms with Crippen molar-refractivity contribution < 1.29 is 9.90 Å². The molecule has 1 amide bonds. The quantitative estimate of drug-likeness (QED) is 0.280. The van der Waals surface area contributed by atoms with Crippen molar-refractivity contribution in [2.75, 3.05) is 38.5 Å². The maximum Gasteiger partial charge on any atom is 0.233 e. The monoisotopic (exact) mass is 517 g/mol. The number of amides is 1. The van der Waals surface area contributed by atoms with Gasteiger partial charge in [0.2, 0.25) is 5.91 Å². The minimum atomic E-state index is -0.855. The lowest BCUT2D eigenvalue weighted by Crippen LogP contribution is -2.40. The molecule has 1 aliphatic heterocycles. The number of carbonyl (C=O) groups excluding carboxylic acids is 1. The number of nitrogens with one attached hydrogen (secondary N) is 3. The van der Waals surface area contributed by atoms with E-state index in [-0.39, 0.29) is 5.91 Å². The number of likely N-dealkylation sites (tertiary alicyclic amines) is 1. The first-order valence-electron chi connectivity index (χ1n) is 13.5. The molecule has 1 saturated heterocycles. The number of H-pyrrole nitrogens is 1. The van der Waals surface area contributed by atoms with E-state index in [1.807, 2.05) is 6.20 Å². The first-order valence-corrected chi connectivity index (χ1v) is 13.5. The van der Waals surface area contributed by atoms with Crippen LogP contribution in [0.2, 0.25) is 0 Å². The third-order valence-electron chi connectivity index (χ3n) is 7.52. The van der Waals surface area contributed by atoms with E-state index in [0.717, 1.165) is 54.0 Å². The third-order valence-corrected chi connectivity index (χ3v) is 7.52. The zero-order valence-electron chi connectivity index (χ0n) is 23.0. The number of aliphatic hydroxyl groups is 1. The summed E-state index contributed by atoms with van der Waals surface area (Å²) in [5.41, 5.74) is 6.57. The highest BCUT2D eigenvalue weighted by Gasteiger charge is 2.24. The Morgan fingerprint density at radius 1 is 1.24 bits per heavy atom. The van der Waals surface area contributed by atoms with E-state index in [1.54, 1.807) is 31.7 Å². The Labute approximate surface area is 223 Å². The van der Waals surface area contributed by atoms with Crippen molar-refractivity contribution >= 4 is 28.1 Å². The standard InChI is InChI=1S/C29H39N7O2/c1-18(2)26-22-12-20(19-8-10-35(11-9-19)15-25(37)30-5)6-7-23(22)34-27(26)21-13-24(31-16-29(3,4)38)28-32-17-33-36(28)14-21/h6-7,12-14,17-19,31,34,38H,8-11,15-16H2,1-5H3,(H,30,37). The summed E-state index contributed by atoms with van der Waals surface area (Å²) >= 11 is 0. The normalized spacial score (nSPS) is 15.6. The molecule has 4 N–H and O–H groups in total. The Kier molecular flexibility index (Phi) is 7.15. The molecule has 0 radical (unpaired) electrons. The lowest BCUT2D eigenvalue weighted by atomic mass is 9.87. The van der Waals surface area contributed by atoms with Gasteiger partial charge in [-0.15, -0.1) is 0 Å². The van der Waals surface area contributed by atoms with Gasteiger partial charge in [0.25, 0.3) is 0 Å². The highest BCUT2D eigenvalue weighted by atomic mass is 16.3. The first kappa shape index (κ1) is 26.2. The second kappa shape index (κ2) is 10.4. The molecular formula is C29H39N7O2. The van der Waals surface area contributed by atoms with Gasteiger partial charge in [0.05, 0.1) is 23.5 Å².